The summed E-state index contributed by atoms with van der Waals surface area (Å²) in [6, 6.07) is 7.75. The van der Waals surface area contributed by atoms with Crippen molar-refractivity contribution in [1.82, 2.24) is 35.2 Å². The van der Waals surface area contributed by atoms with Gasteiger partial charge in [-0.3, -0.25) is 0 Å². The zero-order valence-corrected chi connectivity index (χ0v) is 16.7. The number of aromatic nitrogens is 7. The third-order valence-corrected chi connectivity index (χ3v) is 4.56. The van der Waals surface area contributed by atoms with Crippen LogP contribution < -0.4 is 4.90 Å². The summed E-state index contributed by atoms with van der Waals surface area (Å²) in [5, 5.41) is 13.1. The summed E-state index contributed by atoms with van der Waals surface area (Å²) in [6.07, 6.45) is 0. The molecule has 0 aliphatic rings. The lowest BCUT2D eigenvalue weighted by Gasteiger charge is -2.13. The van der Waals surface area contributed by atoms with E-state index in [1.165, 1.54) is 11.8 Å². The van der Waals surface area contributed by atoms with Gasteiger partial charge in [0.1, 0.15) is 5.82 Å². The first-order valence-corrected chi connectivity index (χ1v) is 9.20. The molecule has 0 saturated heterocycles. The Labute approximate surface area is 158 Å². The van der Waals surface area contributed by atoms with Crippen molar-refractivity contribution in [2.24, 2.45) is 0 Å². The molecule has 0 fully saturated rings. The van der Waals surface area contributed by atoms with Crippen molar-refractivity contribution in [3.63, 3.8) is 0 Å². The van der Waals surface area contributed by atoms with Crippen molar-refractivity contribution >= 4 is 33.6 Å². The summed E-state index contributed by atoms with van der Waals surface area (Å²) in [5.74, 6) is 1.55. The first kappa shape index (κ1) is 17.7. The molecule has 0 radical (unpaired) electrons. The fourth-order valence-corrected chi connectivity index (χ4v) is 2.93. The summed E-state index contributed by atoms with van der Waals surface area (Å²) in [5.41, 5.74) is 0.863. The van der Waals surface area contributed by atoms with Gasteiger partial charge in [0.2, 0.25) is 16.3 Å². The van der Waals surface area contributed by atoms with E-state index in [9.17, 15) is 0 Å². The van der Waals surface area contributed by atoms with Gasteiger partial charge in [0.15, 0.2) is 0 Å². The molecule has 1 aromatic carbocycles. The van der Waals surface area contributed by atoms with Crippen LogP contribution >= 0.6 is 27.7 Å². The molecule has 0 bridgehead atoms. The van der Waals surface area contributed by atoms with Crippen molar-refractivity contribution in [2.75, 3.05) is 19.0 Å². The number of hydrogen-bond donors (Lipinski definition) is 0. The van der Waals surface area contributed by atoms with Gasteiger partial charge < -0.3 is 4.90 Å². The number of benzene rings is 1. The van der Waals surface area contributed by atoms with Crippen LogP contribution in [0.15, 0.2) is 39.1 Å². The molecule has 3 aromatic rings. The first-order chi connectivity index (χ1) is 11.9. The number of tetrazole rings is 1. The lowest BCUT2D eigenvalue weighted by Crippen LogP contribution is -2.16. The van der Waals surface area contributed by atoms with Crippen LogP contribution in [0.3, 0.4) is 0 Å². The molecule has 0 spiro atoms. The Morgan fingerprint density at radius 3 is 2.44 bits per heavy atom. The molecular formula is C15H17BrN8S. The van der Waals surface area contributed by atoms with Gasteiger partial charge in [0, 0.05) is 24.5 Å². The summed E-state index contributed by atoms with van der Waals surface area (Å²) in [6.45, 7) is 4.10. The van der Waals surface area contributed by atoms with Crippen LogP contribution in [-0.2, 0) is 0 Å². The molecule has 130 valence electrons. The largest absolute Gasteiger partial charge is 0.347 e. The van der Waals surface area contributed by atoms with Gasteiger partial charge in [-0.1, -0.05) is 29.8 Å². The minimum absolute atomic E-state index is 0.198. The van der Waals surface area contributed by atoms with Gasteiger partial charge >= 0.3 is 0 Å². The van der Waals surface area contributed by atoms with Gasteiger partial charge in [0.05, 0.1) is 5.69 Å². The smallest absolute Gasteiger partial charge is 0.229 e. The zero-order valence-electron chi connectivity index (χ0n) is 14.3. The first-order valence-electron chi connectivity index (χ1n) is 7.59. The number of hydrogen-bond acceptors (Lipinski definition) is 8. The maximum Gasteiger partial charge on any atom is 0.229 e. The van der Waals surface area contributed by atoms with E-state index in [0.29, 0.717) is 16.3 Å². The van der Waals surface area contributed by atoms with E-state index in [2.05, 4.69) is 60.3 Å². The monoisotopic (exact) mass is 420 g/mol. The van der Waals surface area contributed by atoms with Gasteiger partial charge in [-0.15, -0.1) is 5.10 Å². The molecule has 2 heterocycles. The highest BCUT2D eigenvalue weighted by Crippen LogP contribution is 2.26. The quantitative estimate of drug-likeness (QED) is 0.622. The van der Waals surface area contributed by atoms with Crippen LogP contribution in [0.25, 0.3) is 5.69 Å². The van der Waals surface area contributed by atoms with Gasteiger partial charge in [-0.2, -0.15) is 14.6 Å². The summed E-state index contributed by atoms with van der Waals surface area (Å²) in [4.78, 5) is 15.4. The van der Waals surface area contributed by atoms with E-state index in [-0.39, 0.29) is 5.92 Å². The molecule has 0 atom stereocenters. The fourth-order valence-electron chi connectivity index (χ4n) is 1.93. The molecule has 0 N–H and O–H groups in total. The molecule has 0 amide bonds. The lowest BCUT2D eigenvalue weighted by atomic mass is 10.2. The minimum atomic E-state index is 0.198. The Kier molecular flexibility index (Phi) is 5.28. The van der Waals surface area contributed by atoms with Crippen molar-refractivity contribution in [3.05, 3.63) is 34.6 Å². The van der Waals surface area contributed by atoms with Crippen LogP contribution in [0.1, 0.15) is 25.6 Å². The Bertz CT molecular complexity index is 836. The predicted molar refractivity (Wildman–Crippen MR) is 99.2 cm³/mol. The highest BCUT2D eigenvalue weighted by molar-refractivity contribution is 9.10. The highest BCUT2D eigenvalue weighted by atomic mass is 79.9. The zero-order chi connectivity index (χ0) is 18.0. The van der Waals surface area contributed by atoms with Crippen LogP contribution in [0.5, 0.6) is 0 Å². The molecule has 0 saturated carbocycles. The summed E-state index contributed by atoms with van der Waals surface area (Å²) >= 11 is 4.74. The average Bonchev–Trinajstić information content (AvgIpc) is 3.03. The maximum absolute atomic E-state index is 4.54. The van der Waals surface area contributed by atoms with Crippen molar-refractivity contribution in [3.8, 4) is 5.69 Å². The molecular weight excluding hydrogens is 404 g/mol. The van der Waals surface area contributed by atoms with Crippen LogP contribution in [0.2, 0.25) is 0 Å². The normalized spacial score (nSPS) is 11.1. The number of halogens is 1. The second-order valence-corrected chi connectivity index (χ2v) is 7.63. The van der Waals surface area contributed by atoms with Crippen molar-refractivity contribution < 1.29 is 0 Å². The Morgan fingerprint density at radius 2 is 1.80 bits per heavy atom. The fraction of sp³-hybridized carbons (Fsp3) is 0.333. The number of anilines is 1. The third-order valence-electron chi connectivity index (χ3n) is 3.23. The second kappa shape index (κ2) is 7.44. The average molecular weight is 421 g/mol. The van der Waals surface area contributed by atoms with Crippen molar-refractivity contribution in [1.29, 1.82) is 0 Å². The molecule has 25 heavy (non-hydrogen) atoms. The van der Waals surface area contributed by atoms with E-state index in [0.717, 1.165) is 16.0 Å². The molecule has 8 nitrogen and oxygen atoms in total. The van der Waals surface area contributed by atoms with Crippen LogP contribution in [0.4, 0.5) is 5.95 Å². The van der Waals surface area contributed by atoms with Gasteiger partial charge in [-0.05, 0) is 46.5 Å². The van der Waals surface area contributed by atoms with E-state index in [1.54, 1.807) is 4.68 Å². The molecule has 0 aliphatic carbocycles. The molecule has 3 rings (SSSR count). The highest BCUT2D eigenvalue weighted by Gasteiger charge is 2.16. The van der Waals surface area contributed by atoms with Crippen LogP contribution in [0, 0.1) is 0 Å². The SMILES string of the molecule is CC(C)c1nc(Sc2nnnn2-c2ccc(Br)cc2)nc(N(C)C)n1. The Balaban J connectivity index is 1.96. The second-order valence-electron chi connectivity index (χ2n) is 5.78. The molecule has 0 unspecified atom stereocenters. The van der Waals surface area contributed by atoms with Gasteiger partial charge in [-0.25, -0.2) is 4.98 Å². The molecule has 10 heteroatoms. The minimum Gasteiger partial charge on any atom is -0.347 e. The Morgan fingerprint density at radius 1 is 1.08 bits per heavy atom. The Hall–Kier alpha value is -2.07. The van der Waals surface area contributed by atoms with E-state index in [1.807, 2.05) is 43.3 Å². The molecule has 0 aliphatic heterocycles. The maximum atomic E-state index is 4.54. The van der Waals surface area contributed by atoms with E-state index in [4.69, 9.17) is 0 Å². The van der Waals surface area contributed by atoms with E-state index >= 15 is 0 Å². The number of nitrogens with zero attached hydrogens (tertiary/aromatic N) is 8. The summed E-state index contributed by atoms with van der Waals surface area (Å²) < 4.78 is 2.65. The lowest BCUT2D eigenvalue weighted by molar-refractivity contribution is 0.712. The van der Waals surface area contributed by atoms with Crippen molar-refractivity contribution in [2.45, 2.75) is 30.1 Å². The summed E-state index contributed by atoms with van der Waals surface area (Å²) in [7, 11) is 3.81. The topological polar surface area (TPSA) is 85.5 Å². The predicted octanol–water partition coefficient (Wildman–Crippen LogP) is 2.95. The standard InChI is InChI=1S/C15H17BrN8S/c1-9(2)12-17-13(23(3)4)19-14(18-12)25-15-20-21-22-24(15)11-7-5-10(16)6-8-11/h5-9H,1-4H3. The van der Waals surface area contributed by atoms with Gasteiger partial charge in [0.25, 0.3) is 0 Å². The van der Waals surface area contributed by atoms with E-state index < -0.39 is 0 Å². The van der Waals surface area contributed by atoms with Crippen LogP contribution in [-0.4, -0.2) is 49.3 Å². The number of rotatable bonds is 5. The molecule has 2 aromatic heterocycles. The third kappa shape index (κ3) is 4.13.